The van der Waals surface area contributed by atoms with E-state index in [1.807, 2.05) is 36.4 Å². The lowest BCUT2D eigenvalue weighted by atomic mass is 10.1. The second-order valence-corrected chi connectivity index (χ2v) is 4.66. The van der Waals surface area contributed by atoms with E-state index in [0.29, 0.717) is 12.4 Å². The molecule has 0 unspecified atom stereocenters. The second kappa shape index (κ2) is 5.87. The fourth-order valence-electron chi connectivity index (χ4n) is 1.63. The van der Waals surface area contributed by atoms with Crippen molar-refractivity contribution in [1.29, 1.82) is 0 Å². The first kappa shape index (κ1) is 12.9. The molecule has 0 aliphatic carbocycles. The molecular weight excluding hydrogens is 296 g/mol. The minimum Gasteiger partial charge on any atom is -0.482 e. The fourth-order valence-corrected chi connectivity index (χ4v) is 2.01. The molecule has 0 fully saturated rings. The van der Waals surface area contributed by atoms with Crippen molar-refractivity contribution in [2.24, 2.45) is 0 Å². The quantitative estimate of drug-likeness (QED) is 0.810. The van der Waals surface area contributed by atoms with Crippen LogP contribution in [-0.2, 0) is 9.53 Å². The van der Waals surface area contributed by atoms with Crippen LogP contribution in [0.25, 0.3) is 10.8 Å². The maximum Gasteiger partial charge on any atom is 0.344 e. The van der Waals surface area contributed by atoms with Crippen LogP contribution in [0, 0.1) is 0 Å². The molecule has 2 aromatic rings. The summed E-state index contributed by atoms with van der Waals surface area (Å²) in [6.07, 6.45) is 0. The van der Waals surface area contributed by atoms with E-state index in [1.54, 1.807) is 6.92 Å². The van der Waals surface area contributed by atoms with E-state index >= 15 is 0 Å². The lowest BCUT2D eigenvalue weighted by Gasteiger charge is -2.07. The van der Waals surface area contributed by atoms with Gasteiger partial charge in [0.05, 0.1) is 6.61 Å². The summed E-state index contributed by atoms with van der Waals surface area (Å²) in [7, 11) is 0. The minimum absolute atomic E-state index is 0.0622. The van der Waals surface area contributed by atoms with Gasteiger partial charge in [-0.1, -0.05) is 28.1 Å². The average Bonchev–Trinajstić information content (AvgIpc) is 2.36. The van der Waals surface area contributed by atoms with Gasteiger partial charge >= 0.3 is 5.97 Å². The Morgan fingerprint density at radius 2 is 1.94 bits per heavy atom. The van der Waals surface area contributed by atoms with Crippen molar-refractivity contribution in [1.82, 2.24) is 0 Å². The van der Waals surface area contributed by atoms with E-state index in [9.17, 15) is 4.79 Å². The van der Waals surface area contributed by atoms with Gasteiger partial charge in [-0.25, -0.2) is 4.79 Å². The smallest absolute Gasteiger partial charge is 0.344 e. The highest BCUT2D eigenvalue weighted by Gasteiger charge is 2.03. The summed E-state index contributed by atoms with van der Waals surface area (Å²) >= 11 is 3.42. The second-order valence-electron chi connectivity index (χ2n) is 3.75. The molecule has 0 amide bonds. The summed E-state index contributed by atoms with van der Waals surface area (Å²) in [6, 6.07) is 11.7. The molecule has 0 saturated carbocycles. The first-order valence-corrected chi connectivity index (χ1v) is 6.46. The summed E-state index contributed by atoms with van der Waals surface area (Å²) in [6.45, 7) is 2.08. The van der Waals surface area contributed by atoms with Gasteiger partial charge in [-0.15, -0.1) is 0 Å². The van der Waals surface area contributed by atoms with E-state index in [2.05, 4.69) is 15.9 Å². The van der Waals surface area contributed by atoms with E-state index in [-0.39, 0.29) is 12.6 Å². The summed E-state index contributed by atoms with van der Waals surface area (Å²) in [5.74, 6) is 0.306. The SMILES string of the molecule is CCOC(=O)COc1ccc2ccc(Br)cc2c1. The Morgan fingerprint density at radius 3 is 2.72 bits per heavy atom. The van der Waals surface area contributed by atoms with Crippen molar-refractivity contribution in [3.8, 4) is 5.75 Å². The van der Waals surface area contributed by atoms with Crippen molar-refractivity contribution in [3.63, 3.8) is 0 Å². The Hall–Kier alpha value is -1.55. The van der Waals surface area contributed by atoms with Gasteiger partial charge in [0, 0.05) is 4.47 Å². The van der Waals surface area contributed by atoms with Crippen molar-refractivity contribution in [2.45, 2.75) is 6.92 Å². The van der Waals surface area contributed by atoms with Gasteiger partial charge in [-0.2, -0.15) is 0 Å². The third-order valence-electron chi connectivity index (χ3n) is 2.44. The lowest BCUT2D eigenvalue weighted by molar-refractivity contribution is -0.145. The number of hydrogen-bond acceptors (Lipinski definition) is 3. The third-order valence-corrected chi connectivity index (χ3v) is 2.93. The zero-order chi connectivity index (χ0) is 13.0. The standard InChI is InChI=1S/C14H13BrO3/c1-2-17-14(16)9-18-13-6-4-10-3-5-12(15)7-11(10)8-13/h3-8H,2,9H2,1H3. The van der Waals surface area contributed by atoms with Gasteiger partial charge in [0.1, 0.15) is 5.75 Å². The monoisotopic (exact) mass is 308 g/mol. The Labute approximate surface area is 114 Å². The van der Waals surface area contributed by atoms with Gasteiger partial charge in [0.2, 0.25) is 0 Å². The summed E-state index contributed by atoms with van der Waals surface area (Å²) < 4.78 is 11.2. The van der Waals surface area contributed by atoms with Crippen LogP contribution in [0.2, 0.25) is 0 Å². The largest absolute Gasteiger partial charge is 0.482 e. The van der Waals surface area contributed by atoms with E-state index in [1.165, 1.54) is 0 Å². The van der Waals surface area contributed by atoms with Crippen LogP contribution in [0.1, 0.15) is 6.92 Å². The molecule has 0 aliphatic rings. The predicted molar refractivity (Wildman–Crippen MR) is 73.8 cm³/mol. The van der Waals surface area contributed by atoms with Crippen LogP contribution in [0.4, 0.5) is 0 Å². The molecule has 0 aliphatic heterocycles. The lowest BCUT2D eigenvalue weighted by Crippen LogP contribution is -2.14. The molecule has 18 heavy (non-hydrogen) atoms. The summed E-state index contributed by atoms with van der Waals surface area (Å²) in [4.78, 5) is 11.2. The predicted octanol–water partition coefficient (Wildman–Crippen LogP) is 3.54. The Kier molecular flexibility index (Phi) is 4.20. The van der Waals surface area contributed by atoms with Crippen LogP contribution in [0.5, 0.6) is 5.75 Å². The molecule has 0 bridgehead atoms. The molecule has 0 heterocycles. The van der Waals surface area contributed by atoms with Gasteiger partial charge in [0.25, 0.3) is 0 Å². The molecule has 3 nitrogen and oxygen atoms in total. The number of hydrogen-bond donors (Lipinski definition) is 0. The van der Waals surface area contributed by atoms with Gasteiger partial charge in [-0.05, 0) is 42.0 Å². The van der Waals surface area contributed by atoms with Crippen LogP contribution < -0.4 is 4.74 Å². The molecule has 94 valence electrons. The zero-order valence-electron chi connectivity index (χ0n) is 9.98. The van der Waals surface area contributed by atoms with Crippen molar-refractivity contribution in [2.75, 3.05) is 13.2 Å². The number of rotatable bonds is 4. The topological polar surface area (TPSA) is 35.5 Å². The molecule has 2 rings (SSSR count). The molecule has 0 radical (unpaired) electrons. The van der Waals surface area contributed by atoms with Crippen molar-refractivity contribution < 1.29 is 14.3 Å². The average molecular weight is 309 g/mol. The fraction of sp³-hybridized carbons (Fsp3) is 0.214. The minimum atomic E-state index is -0.355. The van der Waals surface area contributed by atoms with Crippen LogP contribution in [0.15, 0.2) is 40.9 Å². The molecule has 4 heteroatoms. The number of carbonyl (C=O) groups excluding carboxylic acids is 1. The third kappa shape index (κ3) is 3.23. The summed E-state index contributed by atoms with van der Waals surface area (Å²) in [5, 5.41) is 2.19. The van der Waals surface area contributed by atoms with Gasteiger partial charge < -0.3 is 9.47 Å². The van der Waals surface area contributed by atoms with Crippen LogP contribution >= 0.6 is 15.9 Å². The van der Waals surface area contributed by atoms with Crippen LogP contribution in [0.3, 0.4) is 0 Å². The summed E-state index contributed by atoms with van der Waals surface area (Å²) in [5.41, 5.74) is 0. The van der Waals surface area contributed by atoms with Crippen molar-refractivity contribution in [3.05, 3.63) is 40.9 Å². The number of esters is 1. The highest BCUT2D eigenvalue weighted by Crippen LogP contribution is 2.24. The Balaban J connectivity index is 2.12. The highest BCUT2D eigenvalue weighted by atomic mass is 79.9. The molecule has 2 aromatic carbocycles. The molecule has 0 spiro atoms. The Bertz CT molecular complexity index is 566. The van der Waals surface area contributed by atoms with Gasteiger partial charge in [0.15, 0.2) is 6.61 Å². The molecule has 0 aromatic heterocycles. The number of fused-ring (bicyclic) bond motifs is 1. The molecule has 0 saturated heterocycles. The van der Waals surface area contributed by atoms with E-state index in [4.69, 9.17) is 9.47 Å². The van der Waals surface area contributed by atoms with Gasteiger partial charge in [-0.3, -0.25) is 0 Å². The van der Waals surface area contributed by atoms with Crippen LogP contribution in [-0.4, -0.2) is 19.2 Å². The number of benzene rings is 2. The number of ether oxygens (including phenoxy) is 2. The number of halogens is 1. The first-order chi connectivity index (χ1) is 8.69. The normalized spacial score (nSPS) is 10.3. The van der Waals surface area contributed by atoms with Crippen molar-refractivity contribution >= 4 is 32.7 Å². The number of carbonyl (C=O) groups is 1. The first-order valence-electron chi connectivity index (χ1n) is 5.67. The Morgan fingerprint density at radius 1 is 1.17 bits per heavy atom. The molecule has 0 atom stereocenters. The molecular formula is C14H13BrO3. The maximum atomic E-state index is 11.2. The van der Waals surface area contributed by atoms with E-state index < -0.39 is 0 Å². The maximum absolute atomic E-state index is 11.2. The zero-order valence-corrected chi connectivity index (χ0v) is 11.6. The van der Waals surface area contributed by atoms with E-state index in [0.717, 1.165) is 15.2 Å². The molecule has 0 N–H and O–H groups in total. The highest BCUT2D eigenvalue weighted by molar-refractivity contribution is 9.10.